The summed E-state index contributed by atoms with van der Waals surface area (Å²) in [4.78, 5) is 35.9. The van der Waals surface area contributed by atoms with E-state index in [4.69, 9.17) is 14.2 Å². The van der Waals surface area contributed by atoms with Crippen LogP contribution in [0.15, 0.2) is 71.7 Å². The number of benzene rings is 2. The molecule has 0 bridgehead atoms. The minimum atomic E-state index is -0.879. The summed E-state index contributed by atoms with van der Waals surface area (Å²) in [7, 11) is 1.51. The number of nitrogens with zero attached hydrogens (tertiary/aromatic N) is 3. The van der Waals surface area contributed by atoms with E-state index in [0.717, 1.165) is 5.56 Å². The van der Waals surface area contributed by atoms with E-state index in [1.807, 2.05) is 30.3 Å². The van der Waals surface area contributed by atoms with Crippen LogP contribution < -0.4 is 20.3 Å². The number of hydrogen-bond acceptors (Lipinski definition) is 7. The molecule has 1 aliphatic heterocycles. The predicted molar refractivity (Wildman–Crippen MR) is 146 cm³/mol. The van der Waals surface area contributed by atoms with E-state index in [-0.39, 0.29) is 24.6 Å². The number of methoxy groups -OCH3 is 1. The van der Waals surface area contributed by atoms with Crippen molar-refractivity contribution >= 4 is 5.91 Å². The summed E-state index contributed by atoms with van der Waals surface area (Å²) in [6.45, 7) is 4.35. The highest BCUT2D eigenvalue weighted by atomic mass is 19.1. The Kier molecular flexibility index (Phi) is 7.61. The molecule has 40 heavy (non-hydrogen) atoms. The Balaban J connectivity index is 1.47. The van der Waals surface area contributed by atoms with E-state index < -0.39 is 22.9 Å². The first-order chi connectivity index (χ1) is 19.3. The van der Waals surface area contributed by atoms with Gasteiger partial charge in [0.1, 0.15) is 23.8 Å². The Morgan fingerprint density at radius 3 is 2.67 bits per heavy atom. The summed E-state index contributed by atoms with van der Waals surface area (Å²) in [5.74, 6) is -0.402. The van der Waals surface area contributed by atoms with Crippen LogP contribution in [0.4, 0.5) is 4.39 Å². The summed E-state index contributed by atoms with van der Waals surface area (Å²) in [5.41, 5.74) is 1.23. The fourth-order valence-electron chi connectivity index (χ4n) is 4.57. The van der Waals surface area contributed by atoms with E-state index in [0.29, 0.717) is 41.5 Å². The van der Waals surface area contributed by atoms with Crippen molar-refractivity contribution in [2.75, 3.05) is 13.7 Å². The van der Waals surface area contributed by atoms with Crippen LogP contribution >= 0.6 is 0 Å². The Morgan fingerprint density at radius 1 is 1.15 bits per heavy atom. The lowest BCUT2D eigenvalue weighted by Crippen LogP contribution is -2.43. The fraction of sp³-hybridized carbons (Fsp3) is 0.267. The van der Waals surface area contributed by atoms with E-state index in [2.05, 4.69) is 15.3 Å². The molecule has 10 heteroatoms. The maximum Gasteiger partial charge on any atom is 0.296 e. The number of fused-ring (bicyclic) bond motifs is 1. The topological polar surface area (TPSA) is 105 Å². The number of halogens is 1. The molecule has 0 saturated carbocycles. The minimum absolute atomic E-state index is 0.0403. The van der Waals surface area contributed by atoms with Gasteiger partial charge in [-0.3, -0.25) is 14.2 Å². The number of hydrogen-bond donors (Lipinski definition) is 1. The maximum absolute atomic E-state index is 14.2. The lowest BCUT2D eigenvalue weighted by atomic mass is 10.0. The van der Waals surface area contributed by atoms with Crippen molar-refractivity contribution in [2.24, 2.45) is 0 Å². The van der Waals surface area contributed by atoms with Crippen molar-refractivity contribution in [1.82, 2.24) is 19.9 Å². The molecule has 0 fully saturated rings. The van der Waals surface area contributed by atoms with Crippen molar-refractivity contribution in [3.8, 4) is 22.8 Å². The highest BCUT2D eigenvalue weighted by molar-refractivity contribution is 5.95. The SMILES string of the molecule is COc1ccc(-c2cc(F)ccc2CNC(=O)c2nc3n(c(=O)c2OCc2ccccc2)CCOC3(C)C)cn1. The summed E-state index contributed by atoms with van der Waals surface area (Å²) in [6.07, 6.45) is 1.57. The molecule has 206 valence electrons. The Hall–Kier alpha value is -4.57. The lowest BCUT2D eigenvalue weighted by molar-refractivity contribution is -0.0567. The van der Waals surface area contributed by atoms with Gasteiger partial charge in [0.25, 0.3) is 11.5 Å². The molecular weight excluding hydrogens is 515 g/mol. The van der Waals surface area contributed by atoms with Crippen LogP contribution in [0.2, 0.25) is 0 Å². The number of rotatable bonds is 8. The summed E-state index contributed by atoms with van der Waals surface area (Å²) < 4.78 is 32.5. The Labute approximate surface area is 230 Å². The van der Waals surface area contributed by atoms with Gasteiger partial charge in [0.05, 0.1) is 20.3 Å². The number of pyridine rings is 1. The van der Waals surface area contributed by atoms with Gasteiger partial charge in [0.2, 0.25) is 11.6 Å². The number of ether oxygens (including phenoxy) is 3. The zero-order chi connectivity index (χ0) is 28.3. The molecule has 0 unspecified atom stereocenters. The van der Waals surface area contributed by atoms with Gasteiger partial charge in [0.15, 0.2) is 5.69 Å². The van der Waals surface area contributed by atoms with Crippen LogP contribution in [-0.2, 0) is 30.0 Å². The van der Waals surface area contributed by atoms with E-state index in [1.54, 1.807) is 38.2 Å². The molecule has 1 aliphatic rings. The van der Waals surface area contributed by atoms with Gasteiger partial charge in [-0.25, -0.2) is 14.4 Å². The normalized spacial score (nSPS) is 13.8. The maximum atomic E-state index is 14.2. The van der Waals surface area contributed by atoms with Gasteiger partial charge in [-0.2, -0.15) is 0 Å². The molecule has 1 amide bonds. The van der Waals surface area contributed by atoms with Crippen LogP contribution in [0.3, 0.4) is 0 Å². The number of carbonyl (C=O) groups excluding carboxylic acids is 1. The van der Waals surface area contributed by atoms with Gasteiger partial charge in [-0.05, 0) is 48.7 Å². The third-order valence-electron chi connectivity index (χ3n) is 6.65. The molecule has 9 nitrogen and oxygen atoms in total. The van der Waals surface area contributed by atoms with Crippen LogP contribution in [0.25, 0.3) is 11.1 Å². The highest BCUT2D eigenvalue weighted by Crippen LogP contribution is 2.29. The smallest absolute Gasteiger partial charge is 0.296 e. The second kappa shape index (κ2) is 11.3. The number of aromatic nitrogens is 3. The van der Waals surface area contributed by atoms with Gasteiger partial charge in [0, 0.05) is 24.4 Å². The van der Waals surface area contributed by atoms with Crippen molar-refractivity contribution in [3.05, 3.63) is 106 Å². The molecule has 1 N–H and O–H groups in total. The Bertz CT molecular complexity index is 1590. The molecule has 0 spiro atoms. The molecule has 4 aromatic rings. The van der Waals surface area contributed by atoms with E-state index in [9.17, 15) is 14.0 Å². The van der Waals surface area contributed by atoms with E-state index >= 15 is 0 Å². The molecule has 0 atom stereocenters. The average molecular weight is 545 g/mol. The summed E-state index contributed by atoms with van der Waals surface area (Å²) >= 11 is 0. The molecule has 0 saturated heterocycles. The predicted octanol–water partition coefficient (Wildman–Crippen LogP) is 4.23. The molecule has 2 aromatic carbocycles. The van der Waals surface area contributed by atoms with Crippen LogP contribution in [-0.4, -0.2) is 34.2 Å². The first kappa shape index (κ1) is 27.0. The summed E-state index contributed by atoms with van der Waals surface area (Å²) in [5, 5.41) is 2.83. The van der Waals surface area contributed by atoms with E-state index in [1.165, 1.54) is 23.8 Å². The van der Waals surface area contributed by atoms with Crippen LogP contribution in [0.5, 0.6) is 11.6 Å². The number of nitrogens with one attached hydrogen (secondary N) is 1. The van der Waals surface area contributed by atoms with Gasteiger partial charge in [-0.15, -0.1) is 0 Å². The average Bonchev–Trinajstić information content (AvgIpc) is 2.96. The van der Waals surface area contributed by atoms with Gasteiger partial charge >= 0.3 is 0 Å². The quantitative estimate of drug-likeness (QED) is 0.354. The first-order valence-electron chi connectivity index (χ1n) is 12.8. The minimum Gasteiger partial charge on any atom is -0.481 e. The van der Waals surface area contributed by atoms with Gasteiger partial charge in [-0.1, -0.05) is 36.4 Å². The van der Waals surface area contributed by atoms with Crippen molar-refractivity contribution < 1.29 is 23.4 Å². The zero-order valence-corrected chi connectivity index (χ0v) is 22.4. The second-order valence-electron chi connectivity index (χ2n) is 9.78. The Morgan fingerprint density at radius 2 is 1.95 bits per heavy atom. The third kappa shape index (κ3) is 5.57. The molecule has 2 aromatic heterocycles. The summed E-state index contributed by atoms with van der Waals surface area (Å²) in [6, 6.07) is 17.1. The number of amides is 1. The van der Waals surface area contributed by atoms with Crippen molar-refractivity contribution in [1.29, 1.82) is 0 Å². The van der Waals surface area contributed by atoms with Crippen molar-refractivity contribution in [2.45, 2.75) is 39.1 Å². The highest BCUT2D eigenvalue weighted by Gasteiger charge is 2.35. The molecule has 3 heterocycles. The molecular formula is C30H29FN4O5. The third-order valence-corrected chi connectivity index (χ3v) is 6.65. The largest absolute Gasteiger partial charge is 0.481 e. The van der Waals surface area contributed by atoms with Crippen LogP contribution in [0, 0.1) is 5.82 Å². The zero-order valence-electron chi connectivity index (χ0n) is 22.4. The molecule has 0 aliphatic carbocycles. The van der Waals surface area contributed by atoms with Crippen LogP contribution in [0.1, 0.15) is 41.3 Å². The van der Waals surface area contributed by atoms with Crippen molar-refractivity contribution in [3.63, 3.8) is 0 Å². The lowest BCUT2D eigenvalue weighted by Gasteiger charge is -2.32. The first-order valence-corrected chi connectivity index (χ1v) is 12.8. The number of carbonyl (C=O) groups is 1. The standard InChI is InChI=1S/C30H29FN4O5/c1-30(2)29-34-25(26(28(37)35(29)13-14-40-30)39-18-19-7-5-4-6-8-19)27(36)33-17-20-9-11-22(31)15-23(20)21-10-12-24(38-3)32-16-21/h4-12,15-16H,13-14,17-18H2,1-3H3,(H,33,36). The molecule has 5 rings (SSSR count). The van der Waals surface area contributed by atoms with Gasteiger partial charge < -0.3 is 19.5 Å². The monoisotopic (exact) mass is 544 g/mol. The fourth-order valence-corrected chi connectivity index (χ4v) is 4.57. The second-order valence-corrected chi connectivity index (χ2v) is 9.78. The molecule has 0 radical (unpaired) electrons.